The Hall–Kier alpha value is -3.07. The molecule has 0 unspecified atom stereocenters. The minimum absolute atomic E-state index is 0.318. The van der Waals surface area contributed by atoms with Crippen LogP contribution in [-0.4, -0.2) is 17.7 Å². The Labute approximate surface area is 192 Å². The van der Waals surface area contributed by atoms with Gasteiger partial charge in [-0.2, -0.15) is 0 Å². The molecule has 1 N–H and O–H groups in total. The van der Waals surface area contributed by atoms with E-state index in [4.69, 9.17) is 4.74 Å². The van der Waals surface area contributed by atoms with Crippen LogP contribution in [0.1, 0.15) is 68.6 Å². The quantitative estimate of drug-likeness (QED) is 0.278. The zero-order chi connectivity index (χ0) is 22.6. The number of ether oxygens (including phenoxy) is 1. The van der Waals surface area contributed by atoms with Crippen LogP contribution in [0.15, 0.2) is 72.8 Å². The normalized spacial score (nSPS) is 10.8. The monoisotopic (exact) mass is 430 g/mol. The van der Waals surface area contributed by atoms with Crippen LogP contribution in [0.25, 0.3) is 22.3 Å². The van der Waals surface area contributed by atoms with Gasteiger partial charge in [0.2, 0.25) is 0 Å². The van der Waals surface area contributed by atoms with Crippen LogP contribution in [0.3, 0.4) is 0 Å². The number of hydrogen-bond donors (Lipinski definition) is 1. The van der Waals surface area contributed by atoms with E-state index in [1.165, 1.54) is 44.9 Å². The predicted octanol–water partition coefficient (Wildman–Crippen LogP) is 8.24. The lowest BCUT2D eigenvalue weighted by Gasteiger charge is -2.09. The van der Waals surface area contributed by atoms with Crippen LogP contribution in [-0.2, 0) is 0 Å². The van der Waals surface area contributed by atoms with E-state index in [9.17, 15) is 9.90 Å². The van der Waals surface area contributed by atoms with E-state index in [-0.39, 0.29) is 0 Å². The maximum Gasteiger partial charge on any atom is 0.336 e. The van der Waals surface area contributed by atoms with Gasteiger partial charge in [0.1, 0.15) is 5.75 Å². The molecule has 0 aliphatic carbocycles. The van der Waals surface area contributed by atoms with E-state index in [1.807, 2.05) is 48.5 Å². The van der Waals surface area contributed by atoms with Gasteiger partial charge in [0.15, 0.2) is 0 Å². The predicted molar refractivity (Wildman–Crippen MR) is 132 cm³/mol. The van der Waals surface area contributed by atoms with Gasteiger partial charge < -0.3 is 9.84 Å². The first-order valence-electron chi connectivity index (χ1n) is 11.8. The topological polar surface area (TPSA) is 46.5 Å². The smallest absolute Gasteiger partial charge is 0.336 e. The molecular formula is C29H34O3. The number of aromatic carboxylic acids is 1. The van der Waals surface area contributed by atoms with Crippen molar-refractivity contribution in [2.75, 3.05) is 6.61 Å². The minimum atomic E-state index is -0.910. The van der Waals surface area contributed by atoms with Crippen molar-refractivity contribution in [2.45, 2.75) is 58.3 Å². The molecule has 3 heteroatoms. The van der Waals surface area contributed by atoms with Gasteiger partial charge in [-0.3, -0.25) is 0 Å². The summed E-state index contributed by atoms with van der Waals surface area (Å²) in [7, 11) is 0. The first kappa shape index (κ1) is 23.6. The highest BCUT2D eigenvalue weighted by Gasteiger charge is 2.10. The number of rotatable bonds is 13. The van der Waals surface area contributed by atoms with Gasteiger partial charge in [-0.1, -0.05) is 106 Å². The van der Waals surface area contributed by atoms with Crippen LogP contribution >= 0.6 is 0 Å². The molecule has 0 atom stereocenters. The van der Waals surface area contributed by atoms with Gasteiger partial charge in [0, 0.05) is 0 Å². The van der Waals surface area contributed by atoms with Gasteiger partial charge in [0.05, 0.1) is 12.2 Å². The summed E-state index contributed by atoms with van der Waals surface area (Å²) >= 11 is 0. The van der Waals surface area contributed by atoms with Crippen LogP contribution in [0, 0.1) is 0 Å². The summed E-state index contributed by atoms with van der Waals surface area (Å²) in [5.41, 5.74) is 4.16. The number of carbonyl (C=O) groups is 1. The second kappa shape index (κ2) is 12.7. The zero-order valence-corrected chi connectivity index (χ0v) is 19.1. The summed E-state index contributed by atoms with van der Waals surface area (Å²) in [6, 6.07) is 23.3. The van der Waals surface area contributed by atoms with Crippen molar-refractivity contribution in [3.8, 4) is 28.0 Å². The molecule has 168 valence electrons. The molecular weight excluding hydrogens is 396 g/mol. The number of carboxylic acids is 1. The summed E-state index contributed by atoms with van der Waals surface area (Å²) in [5.74, 6) is -0.00376. The molecule has 3 rings (SSSR count). The average Bonchev–Trinajstić information content (AvgIpc) is 2.83. The van der Waals surface area contributed by atoms with E-state index in [1.54, 1.807) is 12.1 Å². The molecule has 0 heterocycles. The Bertz CT molecular complexity index is 958. The van der Waals surface area contributed by atoms with Gasteiger partial charge in [-0.15, -0.1) is 0 Å². The number of hydrogen-bond acceptors (Lipinski definition) is 2. The van der Waals surface area contributed by atoms with Crippen LogP contribution in [0.2, 0.25) is 0 Å². The molecule has 3 aromatic carbocycles. The van der Waals surface area contributed by atoms with E-state index in [0.29, 0.717) is 5.56 Å². The fraction of sp³-hybridized carbons (Fsp3) is 0.345. The van der Waals surface area contributed by atoms with E-state index < -0.39 is 5.97 Å². The molecule has 0 spiro atoms. The Balaban J connectivity index is 1.48. The molecule has 0 aliphatic rings. The van der Waals surface area contributed by atoms with Gasteiger partial charge >= 0.3 is 5.97 Å². The molecule has 0 saturated carbocycles. The highest BCUT2D eigenvalue weighted by atomic mass is 16.5. The third-order valence-electron chi connectivity index (χ3n) is 5.81. The molecule has 0 radical (unpaired) electrons. The van der Waals surface area contributed by atoms with Crippen molar-refractivity contribution in [2.24, 2.45) is 0 Å². The summed E-state index contributed by atoms with van der Waals surface area (Å²) in [6.07, 6.45) is 10.4. The maximum absolute atomic E-state index is 11.5. The van der Waals surface area contributed by atoms with Gasteiger partial charge in [-0.05, 0) is 46.9 Å². The van der Waals surface area contributed by atoms with Crippen molar-refractivity contribution in [3.63, 3.8) is 0 Å². The molecule has 32 heavy (non-hydrogen) atoms. The number of benzene rings is 3. The van der Waals surface area contributed by atoms with Crippen LogP contribution in [0.5, 0.6) is 5.75 Å². The van der Waals surface area contributed by atoms with Gasteiger partial charge in [0.25, 0.3) is 0 Å². The SMILES string of the molecule is CCCCCCCCCCOc1ccc(-c2ccc(-c3ccccc3C(=O)O)cc2)cc1. The van der Waals surface area contributed by atoms with Crippen LogP contribution in [0.4, 0.5) is 0 Å². The third-order valence-corrected chi connectivity index (χ3v) is 5.81. The van der Waals surface area contributed by atoms with Crippen molar-refractivity contribution < 1.29 is 14.6 Å². The van der Waals surface area contributed by atoms with Gasteiger partial charge in [-0.25, -0.2) is 4.79 Å². The van der Waals surface area contributed by atoms with Crippen molar-refractivity contribution in [1.29, 1.82) is 0 Å². The summed E-state index contributed by atoms with van der Waals surface area (Å²) in [4.78, 5) is 11.5. The molecule has 3 aromatic rings. The second-order valence-electron chi connectivity index (χ2n) is 8.28. The lowest BCUT2D eigenvalue weighted by molar-refractivity contribution is 0.0697. The van der Waals surface area contributed by atoms with Crippen molar-refractivity contribution in [3.05, 3.63) is 78.4 Å². The minimum Gasteiger partial charge on any atom is -0.494 e. The molecule has 3 nitrogen and oxygen atoms in total. The van der Waals surface area contributed by atoms with Crippen molar-refractivity contribution in [1.82, 2.24) is 0 Å². The maximum atomic E-state index is 11.5. The zero-order valence-electron chi connectivity index (χ0n) is 19.1. The standard InChI is InChI=1S/C29H34O3/c1-2-3-4-5-6-7-8-11-22-32-26-20-18-24(19-21-26)23-14-16-25(17-15-23)27-12-9-10-13-28(27)29(30)31/h9-10,12-21H,2-8,11,22H2,1H3,(H,30,31). The Morgan fingerprint density at radius 2 is 1.22 bits per heavy atom. The second-order valence-corrected chi connectivity index (χ2v) is 8.28. The summed E-state index contributed by atoms with van der Waals surface area (Å²) < 4.78 is 5.90. The third kappa shape index (κ3) is 6.98. The Morgan fingerprint density at radius 3 is 1.84 bits per heavy atom. The average molecular weight is 431 g/mol. The molecule has 0 bridgehead atoms. The lowest BCUT2D eigenvalue weighted by atomic mass is 9.97. The lowest BCUT2D eigenvalue weighted by Crippen LogP contribution is -1.98. The number of unbranched alkanes of at least 4 members (excludes halogenated alkanes) is 7. The van der Waals surface area contributed by atoms with E-state index in [2.05, 4.69) is 19.1 Å². The van der Waals surface area contributed by atoms with Crippen LogP contribution < -0.4 is 4.74 Å². The summed E-state index contributed by atoms with van der Waals surface area (Å²) in [6.45, 7) is 3.02. The highest BCUT2D eigenvalue weighted by Crippen LogP contribution is 2.28. The largest absolute Gasteiger partial charge is 0.494 e. The summed E-state index contributed by atoms with van der Waals surface area (Å²) in [5, 5.41) is 9.42. The highest BCUT2D eigenvalue weighted by molar-refractivity contribution is 5.96. The number of carboxylic acid groups (broad SMARTS) is 1. The Morgan fingerprint density at radius 1 is 0.688 bits per heavy atom. The first-order chi connectivity index (χ1) is 15.7. The van der Waals surface area contributed by atoms with E-state index >= 15 is 0 Å². The molecule has 0 amide bonds. The molecule has 0 aromatic heterocycles. The molecule has 0 aliphatic heterocycles. The first-order valence-corrected chi connectivity index (χ1v) is 11.8. The van der Waals surface area contributed by atoms with Crippen molar-refractivity contribution >= 4 is 5.97 Å². The fourth-order valence-corrected chi connectivity index (χ4v) is 3.93. The fourth-order valence-electron chi connectivity index (χ4n) is 3.93. The molecule has 0 fully saturated rings. The molecule has 0 saturated heterocycles. The van der Waals surface area contributed by atoms with E-state index in [0.717, 1.165) is 41.0 Å². The Kier molecular flexibility index (Phi) is 9.37.